The number of benzene rings is 1. The second-order valence-electron chi connectivity index (χ2n) is 3.87. The second kappa shape index (κ2) is 4.43. The Morgan fingerprint density at radius 1 is 1.44 bits per heavy atom. The van der Waals surface area contributed by atoms with Gasteiger partial charge in [-0.3, -0.25) is 9.59 Å². The van der Waals surface area contributed by atoms with Gasteiger partial charge in [0.05, 0.1) is 0 Å². The van der Waals surface area contributed by atoms with E-state index in [1.807, 2.05) is 0 Å². The van der Waals surface area contributed by atoms with Crippen LogP contribution in [0.3, 0.4) is 0 Å². The van der Waals surface area contributed by atoms with Gasteiger partial charge in [0.2, 0.25) is 0 Å². The van der Waals surface area contributed by atoms with Crippen LogP contribution in [0.1, 0.15) is 23.2 Å². The molecule has 16 heavy (non-hydrogen) atoms. The lowest BCUT2D eigenvalue weighted by Crippen LogP contribution is -2.13. The van der Waals surface area contributed by atoms with Crippen molar-refractivity contribution in [3.05, 3.63) is 29.6 Å². The van der Waals surface area contributed by atoms with E-state index in [1.165, 1.54) is 6.07 Å². The van der Waals surface area contributed by atoms with Crippen molar-refractivity contribution < 1.29 is 18.7 Å². The number of ether oxygens (including phenoxy) is 1. The normalized spacial score (nSPS) is 14.6. The van der Waals surface area contributed by atoms with Gasteiger partial charge in [-0.05, 0) is 25.0 Å². The van der Waals surface area contributed by atoms with Gasteiger partial charge in [0.15, 0.2) is 5.78 Å². The molecule has 84 valence electrons. The molecule has 0 aliphatic heterocycles. The Kier molecular flexibility index (Phi) is 2.99. The van der Waals surface area contributed by atoms with E-state index in [1.54, 1.807) is 0 Å². The molecule has 0 saturated heterocycles. The second-order valence-corrected chi connectivity index (χ2v) is 3.87. The van der Waals surface area contributed by atoms with Crippen molar-refractivity contribution in [1.29, 1.82) is 0 Å². The average molecular weight is 222 g/mol. The van der Waals surface area contributed by atoms with Crippen molar-refractivity contribution in [2.45, 2.75) is 12.8 Å². The van der Waals surface area contributed by atoms with E-state index in [4.69, 9.17) is 4.74 Å². The summed E-state index contributed by atoms with van der Waals surface area (Å²) in [5.41, 5.74) is 0.203. The fourth-order valence-electron chi connectivity index (χ4n) is 1.41. The van der Waals surface area contributed by atoms with Crippen molar-refractivity contribution >= 4 is 12.1 Å². The molecule has 1 aliphatic carbocycles. The van der Waals surface area contributed by atoms with Crippen LogP contribution in [0.25, 0.3) is 0 Å². The molecule has 1 aliphatic rings. The molecular weight excluding hydrogens is 211 g/mol. The van der Waals surface area contributed by atoms with Crippen LogP contribution in [-0.4, -0.2) is 18.7 Å². The maximum Gasteiger partial charge on any atom is 0.173 e. The summed E-state index contributed by atoms with van der Waals surface area (Å²) in [4.78, 5) is 21.8. The van der Waals surface area contributed by atoms with Gasteiger partial charge in [-0.25, -0.2) is 4.39 Å². The van der Waals surface area contributed by atoms with Gasteiger partial charge in [-0.15, -0.1) is 0 Å². The van der Waals surface area contributed by atoms with Crippen molar-refractivity contribution in [2.24, 2.45) is 5.92 Å². The lowest BCUT2D eigenvalue weighted by atomic mass is 10.2. The number of carbonyl (C=O) groups excluding carboxylic acids is 2. The van der Waals surface area contributed by atoms with E-state index in [-0.39, 0.29) is 29.6 Å². The lowest BCUT2D eigenvalue weighted by Gasteiger charge is -2.05. The van der Waals surface area contributed by atoms with Crippen LogP contribution >= 0.6 is 0 Å². The van der Waals surface area contributed by atoms with E-state index in [9.17, 15) is 14.0 Å². The first-order valence-corrected chi connectivity index (χ1v) is 5.10. The van der Waals surface area contributed by atoms with E-state index < -0.39 is 5.82 Å². The third-order valence-corrected chi connectivity index (χ3v) is 2.44. The van der Waals surface area contributed by atoms with E-state index in [0.717, 1.165) is 25.0 Å². The Balaban J connectivity index is 1.99. The summed E-state index contributed by atoms with van der Waals surface area (Å²) in [5, 5.41) is 0. The summed E-state index contributed by atoms with van der Waals surface area (Å²) in [6, 6.07) is 3.69. The molecule has 0 amide bonds. The number of Topliss-reactive ketones (excluding diaryl/α,β-unsaturated/α-hetero) is 1. The van der Waals surface area contributed by atoms with Crippen LogP contribution in [0.15, 0.2) is 18.2 Å². The maximum atomic E-state index is 13.0. The number of ketones is 1. The molecule has 2 rings (SSSR count). The number of hydrogen-bond donors (Lipinski definition) is 0. The predicted octanol–water partition coefficient (Wildman–Crippen LogP) is 2.00. The van der Waals surface area contributed by atoms with Crippen LogP contribution in [-0.2, 0) is 4.79 Å². The van der Waals surface area contributed by atoms with Gasteiger partial charge < -0.3 is 4.74 Å². The van der Waals surface area contributed by atoms with Gasteiger partial charge in [0, 0.05) is 17.5 Å². The molecule has 0 aromatic heterocycles. The molecule has 0 bridgehead atoms. The number of rotatable bonds is 5. The summed E-state index contributed by atoms with van der Waals surface area (Å²) >= 11 is 0. The SMILES string of the molecule is O=Cc1cc(F)cc(OCC(=O)C2CC2)c1. The zero-order valence-corrected chi connectivity index (χ0v) is 8.61. The van der Waals surface area contributed by atoms with Crippen molar-refractivity contribution in [3.63, 3.8) is 0 Å². The monoisotopic (exact) mass is 222 g/mol. The molecule has 1 aromatic rings. The Morgan fingerprint density at radius 3 is 2.81 bits per heavy atom. The summed E-state index contributed by atoms with van der Waals surface area (Å²) in [6.45, 7) is -0.0492. The molecule has 0 heterocycles. The Hall–Kier alpha value is -1.71. The zero-order chi connectivity index (χ0) is 11.5. The van der Waals surface area contributed by atoms with Gasteiger partial charge in [0.1, 0.15) is 24.5 Å². The fraction of sp³-hybridized carbons (Fsp3) is 0.333. The van der Waals surface area contributed by atoms with Crippen molar-refractivity contribution in [1.82, 2.24) is 0 Å². The molecule has 0 unspecified atom stereocenters. The van der Waals surface area contributed by atoms with Gasteiger partial charge in [0.25, 0.3) is 0 Å². The fourth-order valence-corrected chi connectivity index (χ4v) is 1.41. The number of aldehydes is 1. The highest BCUT2D eigenvalue weighted by atomic mass is 19.1. The molecule has 0 atom stereocenters. The first-order chi connectivity index (χ1) is 7.69. The van der Waals surface area contributed by atoms with Crippen LogP contribution in [0, 0.1) is 11.7 Å². The van der Waals surface area contributed by atoms with E-state index in [2.05, 4.69) is 0 Å². The van der Waals surface area contributed by atoms with Crippen LogP contribution in [0.5, 0.6) is 5.75 Å². The quantitative estimate of drug-likeness (QED) is 0.715. The average Bonchev–Trinajstić information content (AvgIpc) is 3.08. The first-order valence-electron chi connectivity index (χ1n) is 5.10. The van der Waals surface area contributed by atoms with Gasteiger partial charge in [-0.2, -0.15) is 0 Å². The minimum absolute atomic E-state index is 0.0388. The predicted molar refractivity (Wildman–Crippen MR) is 55.0 cm³/mol. The molecule has 3 nitrogen and oxygen atoms in total. The van der Waals surface area contributed by atoms with E-state index >= 15 is 0 Å². The third-order valence-electron chi connectivity index (χ3n) is 2.44. The molecule has 1 aromatic carbocycles. The highest BCUT2D eigenvalue weighted by Crippen LogP contribution is 2.30. The lowest BCUT2D eigenvalue weighted by molar-refractivity contribution is -0.122. The highest BCUT2D eigenvalue weighted by Gasteiger charge is 2.29. The largest absolute Gasteiger partial charge is 0.486 e. The first kappa shape index (κ1) is 10.8. The summed E-state index contributed by atoms with van der Waals surface area (Å²) in [6.07, 6.45) is 2.38. The minimum atomic E-state index is -0.543. The molecule has 1 saturated carbocycles. The molecule has 0 spiro atoms. The number of hydrogen-bond acceptors (Lipinski definition) is 3. The van der Waals surface area contributed by atoms with Crippen LogP contribution in [0.4, 0.5) is 4.39 Å². The Labute approximate surface area is 92.2 Å². The summed E-state index contributed by atoms with van der Waals surface area (Å²) in [7, 11) is 0. The number of carbonyl (C=O) groups is 2. The van der Waals surface area contributed by atoms with Crippen molar-refractivity contribution in [2.75, 3.05) is 6.61 Å². The third kappa shape index (κ3) is 2.66. The molecular formula is C12H11FO3. The summed E-state index contributed by atoms with van der Waals surface area (Å²) in [5.74, 6) is -0.161. The van der Waals surface area contributed by atoms with Crippen molar-refractivity contribution in [3.8, 4) is 5.75 Å². The highest BCUT2D eigenvalue weighted by molar-refractivity contribution is 5.84. The minimum Gasteiger partial charge on any atom is -0.486 e. The molecule has 1 fully saturated rings. The molecule has 0 N–H and O–H groups in total. The molecule has 0 radical (unpaired) electrons. The van der Waals surface area contributed by atoms with Crippen LogP contribution < -0.4 is 4.74 Å². The number of halogens is 1. The smallest absolute Gasteiger partial charge is 0.173 e. The standard InChI is InChI=1S/C12H11FO3/c13-10-3-8(6-14)4-11(5-10)16-7-12(15)9-1-2-9/h3-6,9H,1-2,7H2. The maximum absolute atomic E-state index is 13.0. The van der Waals surface area contributed by atoms with Gasteiger partial charge >= 0.3 is 0 Å². The van der Waals surface area contributed by atoms with Crippen LogP contribution in [0.2, 0.25) is 0 Å². The zero-order valence-electron chi connectivity index (χ0n) is 8.61. The van der Waals surface area contributed by atoms with E-state index in [0.29, 0.717) is 6.29 Å². The summed E-state index contributed by atoms with van der Waals surface area (Å²) < 4.78 is 18.1. The Bertz CT molecular complexity index is 424. The van der Waals surface area contributed by atoms with Gasteiger partial charge in [-0.1, -0.05) is 0 Å². The molecule has 4 heteroatoms. The Morgan fingerprint density at radius 2 is 2.19 bits per heavy atom. The topological polar surface area (TPSA) is 43.4 Å².